The maximum Gasteiger partial charge on any atom is 0.172 e. The van der Waals surface area contributed by atoms with Gasteiger partial charge in [0.05, 0.1) is 6.04 Å². The lowest BCUT2D eigenvalue weighted by Crippen LogP contribution is -2.45. The van der Waals surface area contributed by atoms with Crippen LogP contribution in [-0.2, 0) is 9.47 Å². The highest BCUT2D eigenvalue weighted by atomic mass is 16.7. The fraction of sp³-hybridized carbons (Fsp3) is 1.00. The average molecular weight is 215 g/mol. The Kier molecular flexibility index (Phi) is 6.22. The highest BCUT2D eigenvalue weighted by Gasteiger charge is 2.31. The van der Waals surface area contributed by atoms with E-state index in [0.717, 1.165) is 19.1 Å². The summed E-state index contributed by atoms with van der Waals surface area (Å²) in [5, 5.41) is 3.36. The standard InChI is InChI=1S/C12H25NO2/c1-4-14-12(15-5-2)11(13-3)10-8-6-7-9-10/h10-13H,4-9H2,1-3H3. The fourth-order valence-corrected chi connectivity index (χ4v) is 2.49. The van der Waals surface area contributed by atoms with Gasteiger partial charge in [-0.25, -0.2) is 0 Å². The van der Waals surface area contributed by atoms with Gasteiger partial charge < -0.3 is 14.8 Å². The predicted molar refractivity (Wildman–Crippen MR) is 61.8 cm³/mol. The second kappa shape index (κ2) is 7.20. The molecule has 0 amide bonds. The minimum atomic E-state index is -0.0758. The van der Waals surface area contributed by atoms with Gasteiger partial charge in [-0.1, -0.05) is 12.8 Å². The van der Waals surface area contributed by atoms with Gasteiger partial charge in [0.2, 0.25) is 0 Å². The monoisotopic (exact) mass is 215 g/mol. The highest BCUT2D eigenvalue weighted by molar-refractivity contribution is 4.82. The number of rotatable bonds is 7. The van der Waals surface area contributed by atoms with Crippen LogP contribution in [-0.4, -0.2) is 32.6 Å². The van der Waals surface area contributed by atoms with Gasteiger partial charge >= 0.3 is 0 Å². The molecule has 1 fully saturated rings. The molecule has 15 heavy (non-hydrogen) atoms. The lowest BCUT2D eigenvalue weighted by atomic mass is 9.97. The predicted octanol–water partition coefficient (Wildman–Crippen LogP) is 2.16. The molecule has 3 heteroatoms. The first kappa shape index (κ1) is 12.9. The third-order valence-corrected chi connectivity index (χ3v) is 3.20. The van der Waals surface area contributed by atoms with Crippen LogP contribution in [0.15, 0.2) is 0 Å². The third kappa shape index (κ3) is 3.74. The largest absolute Gasteiger partial charge is 0.351 e. The molecule has 1 aliphatic rings. The quantitative estimate of drug-likeness (QED) is 0.660. The van der Waals surface area contributed by atoms with Crippen LogP contribution in [0.25, 0.3) is 0 Å². The van der Waals surface area contributed by atoms with Crippen LogP contribution in [0.2, 0.25) is 0 Å². The second-order valence-corrected chi connectivity index (χ2v) is 4.14. The molecule has 0 aromatic rings. The van der Waals surface area contributed by atoms with Crippen molar-refractivity contribution in [1.82, 2.24) is 5.32 Å². The van der Waals surface area contributed by atoms with E-state index >= 15 is 0 Å². The summed E-state index contributed by atoms with van der Waals surface area (Å²) in [5.74, 6) is 0.720. The van der Waals surface area contributed by atoms with Gasteiger partial charge in [-0.2, -0.15) is 0 Å². The Balaban J connectivity index is 2.50. The van der Waals surface area contributed by atoms with Crippen LogP contribution in [0.5, 0.6) is 0 Å². The molecule has 3 nitrogen and oxygen atoms in total. The van der Waals surface area contributed by atoms with Crippen molar-refractivity contribution in [3.63, 3.8) is 0 Å². The summed E-state index contributed by atoms with van der Waals surface area (Å²) in [6, 6.07) is 0.354. The SMILES string of the molecule is CCOC(OCC)C(NC)C1CCCC1. The number of ether oxygens (including phenoxy) is 2. The van der Waals surface area contributed by atoms with E-state index in [1.807, 2.05) is 20.9 Å². The lowest BCUT2D eigenvalue weighted by molar-refractivity contribution is -0.161. The van der Waals surface area contributed by atoms with Crippen molar-refractivity contribution in [2.24, 2.45) is 5.92 Å². The number of likely N-dealkylation sites (N-methyl/N-ethyl adjacent to an activating group) is 1. The van der Waals surface area contributed by atoms with Crippen LogP contribution in [0, 0.1) is 5.92 Å². The first-order chi connectivity index (χ1) is 7.33. The van der Waals surface area contributed by atoms with Crippen molar-refractivity contribution < 1.29 is 9.47 Å². The van der Waals surface area contributed by atoms with Crippen molar-refractivity contribution in [3.8, 4) is 0 Å². The molecule has 0 spiro atoms. The maximum atomic E-state index is 5.66. The van der Waals surface area contributed by atoms with Gasteiger partial charge in [0, 0.05) is 13.2 Å². The summed E-state index contributed by atoms with van der Waals surface area (Å²) >= 11 is 0. The molecule has 1 aliphatic carbocycles. The Hall–Kier alpha value is -0.120. The molecule has 1 saturated carbocycles. The van der Waals surface area contributed by atoms with Gasteiger partial charge in [0.25, 0.3) is 0 Å². The number of hydrogen-bond donors (Lipinski definition) is 1. The molecular weight excluding hydrogens is 190 g/mol. The van der Waals surface area contributed by atoms with E-state index in [9.17, 15) is 0 Å². The van der Waals surface area contributed by atoms with Crippen LogP contribution in [0.3, 0.4) is 0 Å². The summed E-state index contributed by atoms with van der Waals surface area (Å²) in [5.41, 5.74) is 0. The van der Waals surface area contributed by atoms with Crippen molar-refractivity contribution in [2.45, 2.75) is 51.9 Å². The molecule has 0 bridgehead atoms. The Morgan fingerprint density at radius 3 is 2.07 bits per heavy atom. The first-order valence-electron chi connectivity index (χ1n) is 6.23. The zero-order valence-electron chi connectivity index (χ0n) is 10.3. The van der Waals surface area contributed by atoms with E-state index in [1.54, 1.807) is 0 Å². The molecule has 1 rings (SSSR count). The second-order valence-electron chi connectivity index (χ2n) is 4.14. The Bertz CT molecular complexity index is 152. The van der Waals surface area contributed by atoms with Gasteiger partial charge in [0.1, 0.15) is 0 Å². The first-order valence-corrected chi connectivity index (χ1v) is 6.23. The molecule has 1 atom stereocenters. The van der Waals surface area contributed by atoms with Crippen LogP contribution in [0.4, 0.5) is 0 Å². The van der Waals surface area contributed by atoms with Crippen LogP contribution >= 0.6 is 0 Å². The topological polar surface area (TPSA) is 30.5 Å². The van der Waals surface area contributed by atoms with Gasteiger partial charge in [-0.15, -0.1) is 0 Å². The molecule has 0 aromatic carbocycles. The molecule has 0 radical (unpaired) electrons. The maximum absolute atomic E-state index is 5.66. The zero-order chi connectivity index (χ0) is 11.1. The zero-order valence-corrected chi connectivity index (χ0v) is 10.3. The van der Waals surface area contributed by atoms with Crippen LogP contribution < -0.4 is 5.32 Å². The molecule has 0 saturated heterocycles. The van der Waals surface area contributed by atoms with E-state index in [0.29, 0.717) is 6.04 Å². The molecule has 0 aliphatic heterocycles. The van der Waals surface area contributed by atoms with E-state index in [-0.39, 0.29) is 6.29 Å². The highest BCUT2D eigenvalue weighted by Crippen LogP contribution is 2.29. The Morgan fingerprint density at radius 1 is 1.13 bits per heavy atom. The molecule has 1 N–H and O–H groups in total. The molecule has 0 heterocycles. The summed E-state index contributed by atoms with van der Waals surface area (Å²) in [7, 11) is 2.01. The van der Waals surface area contributed by atoms with E-state index < -0.39 is 0 Å². The lowest BCUT2D eigenvalue weighted by Gasteiger charge is -2.30. The van der Waals surface area contributed by atoms with Crippen molar-refractivity contribution in [3.05, 3.63) is 0 Å². The molecule has 1 unspecified atom stereocenters. The normalized spacial score (nSPS) is 20.0. The summed E-state index contributed by atoms with van der Waals surface area (Å²) in [6.07, 6.45) is 5.25. The number of nitrogens with one attached hydrogen (secondary N) is 1. The molecule has 0 aromatic heterocycles. The van der Waals surface area contributed by atoms with Crippen LogP contribution in [0.1, 0.15) is 39.5 Å². The summed E-state index contributed by atoms with van der Waals surface area (Å²) in [6.45, 7) is 5.48. The Labute approximate surface area is 93.5 Å². The smallest absolute Gasteiger partial charge is 0.172 e. The van der Waals surface area contributed by atoms with E-state index in [2.05, 4.69) is 5.32 Å². The molecule has 90 valence electrons. The number of hydrogen-bond acceptors (Lipinski definition) is 3. The van der Waals surface area contributed by atoms with Gasteiger partial charge in [-0.05, 0) is 39.7 Å². The average Bonchev–Trinajstić information content (AvgIpc) is 2.73. The molecular formula is C12H25NO2. The minimum absolute atomic E-state index is 0.0758. The Morgan fingerprint density at radius 2 is 1.67 bits per heavy atom. The van der Waals surface area contributed by atoms with Crippen molar-refractivity contribution in [1.29, 1.82) is 0 Å². The van der Waals surface area contributed by atoms with Crippen molar-refractivity contribution in [2.75, 3.05) is 20.3 Å². The summed E-state index contributed by atoms with van der Waals surface area (Å²) < 4.78 is 11.3. The minimum Gasteiger partial charge on any atom is -0.351 e. The van der Waals surface area contributed by atoms with Crippen molar-refractivity contribution >= 4 is 0 Å². The van der Waals surface area contributed by atoms with Gasteiger partial charge in [0.15, 0.2) is 6.29 Å². The van der Waals surface area contributed by atoms with E-state index in [4.69, 9.17) is 9.47 Å². The fourth-order valence-electron chi connectivity index (χ4n) is 2.49. The van der Waals surface area contributed by atoms with E-state index in [1.165, 1.54) is 25.7 Å². The van der Waals surface area contributed by atoms with Gasteiger partial charge in [-0.3, -0.25) is 0 Å². The summed E-state index contributed by atoms with van der Waals surface area (Å²) in [4.78, 5) is 0. The third-order valence-electron chi connectivity index (χ3n) is 3.20.